The van der Waals surface area contributed by atoms with E-state index in [1.807, 2.05) is 18.2 Å². The van der Waals surface area contributed by atoms with Crippen molar-refractivity contribution in [3.8, 4) is 11.5 Å². The Kier molecular flexibility index (Phi) is 3.79. The number of hydrogen-bond acceptors (Lipinski definition) is 3. The Morgan fingerprint density at radius 2 is 1.90 bits per heavy atom. The van der Waals surface area contributed by atoms with Crippen LogP contribution in [0.2, 0.25) is 0 Å². The quantitative estimate of drug-likeness (QED) is 0.901. The molecule has 0 amide bonds. The Balaban J connectivity index is 1.97. The molecule has 0 spiro atoms. The number of hydrogen-bond donors (Lipinski definition) is 1. The predicted molar refractivity (Wildman–Crippen MR) is 79.0 cm³/mol. The molecular weight excluding hydrogens is 268 g/mol. The van der Waals surface area contributed by atoms with E-state index in [1.54, 1.807) is 7.11 Å². The van der Waals surface area contributed by atoms with Crippen LogP contribution in [0.4, 0.5) is 0 Å². The van der Waals surface area contributed by atoms with Crippen LogP contribution in [0.5, 0.6) is 11.5 Å². The molecule has 114 valence electrons. The lowest BCUT2D eigenvalue weighted by Gasteiger charge is -2.34. The van der Waals surface area contributed by atoms with Gasteiger partial charge in [-0.25, -0.2) is 0 Å². The summed E-state index contributed by atoms with van der Waals surface area (Å²) in [6.07, 6.45) is 6.87. The van der Waals surface area contributed by atoms with E-state index in [9.17, 15) is 9.90 Å². The van der Waals surface area contributed by atoms with Gasteiger partial charge in [-0.3, -0.25) is 4.79 Å². The van der Waals surface area contributed by atoms with Crippen molar-refractivity contribution in [1.29, 1.82) is 0 Å². The molecule has 3 rings (SSSR count). The van der Waals surface area contributed by atoms with E-state index in [2.05, 4.69) is 0 Å². The van der Waals surface area contributed by atoms with Crippen LogP contribution in [-0.2, 0) is 10.2 Å². The van der Waals surface area contributed by atoms with Crippen LogP contribution in [0.25, 0.3) is 0 Å². The molecule has 0 aromatic heterocycles. The Morgan fingerprint density at radius 1 is 1.19 bits per heavy atom. The van der Waals surface area contributed by atoms with E-state index in [0.717, 1.165) is 37.7 Å². The van der Waals surface area contributed by atoms with Crippen LogP contribution in [-0.4, -0.2) is 24.3 Å². The van der Waals surface area contributed by atoms with Crippen molar-refractivity contribution in [2.24, 2.45) is 0 Å². The van der Waals surface area contributed by atoms with Gasteiger partial charge in [-0.2, -0.15) is 0 Å². The largest absolute Gasteiger partial charge is 0.493 e. The first-order valence-corrected chi connectivity index (χ1v) is 7.74. The number of benzene rings is 1. The third-order valence-corrected chi connectivity index (χ3v) is 4.65. The number of aliphatic carboxylic acids is 1. The fraction of sp³-hybridized carbons (Fsp3) is 0.588. The summed E-state index contributed by atoms with van der Waals surface area (Å²) in [6, 6.07) is 5.61. The zero-order valence-corrected chi connectivity index (χ0v) is 12.4. The van der Waals surface area contributed by atoms with Crippen molar-refractivity contribution < 1.29 is 19.4 Å². The van der Waals surface area contributed by atoms with E-state index in [0.29, 0.717) is 24.3 Å². The summed E-state index contributed by atoms with van der Waals surface area (Å²) in [4.78, 5) is 11.9. The van der Waals surface area contributed by atoms with Crippen molar-refractivity contribution in [3.05, 3.63) is 23.8 Å². The van der Waals surface area contributed by atoms with Gasteiger partial charge >= 0.3 is 5.97 Å². The summed E-state index contributed by atoms with van der Waals surface area (Å²) in [6.45, 7) is 0. The zero-order valence-electron chi connectivity index (χ0n) is 12.4. The second kappa shape index (κ2) is 5.58. The van der Waals surface area contributed by atoms with Crippen LogP contribution in [0, 0.1) is 0 Å². The molecule has 0 unspecified atom stereocenters. The van der Waals surface area contributed by atoms with E-state index in [4.69, 9.17) is 9.47 Å². The van der Waals surface area contributed by atoms with Crippen molar-refractivity contribution in [2.75, 3.05) is 7.11 Å². The average Bonchev–Trinajstić information content (AvgIpc) is 3.31. The minimum atomic E-state index is -0.758. The molecular formula is C17H22O4. The first-order valence-electron chi connectivity index (χ1n) is 7.74. The van der Waals surface area contributed by atoms with Gasteiger partial charge in [0.15, 0.2) is 11.5 Å². The number of carboxylic acids is 1. The number of carboxylic acid groups (broad SMARTS) is 1. The van der Waals surface area contributed by atoms with Crippen LogP contribution in [0.15, 0.2) is 18.2 Å². The number of ether oxygens (including phenoxy) is 2. The highest BCUT2D eigenvalue weighted by Gasteiger charge is 2.41. The molecule has 1 N–H and O–H groups in total. The summed E-state index contributed by atoms with van der Waals surface area (Å²) in [5.74, 6) is 0.649. The molecule has 21 heavy (non-hydrogen) atoms. The predicted octanol–water partition coefficient (Wildman–Crippen LogP) is 3.52. The first kappa shape index (κ1) is 14.2. The summed E-state index contributed by atoms with van der Waals surface area (Å²) in [5, 5.41) is 9.78. The van der Waals surface area contributed by atoms with Gasteiger partial charge in [0.2, 0.25) is 0 Å². The van der Waals surface area contributed by atoms with Crippen LogP contribution < -0.4 is 9.47 Å². The van der Waals surface area contributed by atoms with E-state index in [-0.39, 0.29) is 6.10 Å². The minimum absolute atomic E-state index is 0.265. The lowest BCUT2D eigenvalue weighted by Crippen LogP contribution is -2.37. The van der Waals surface area contributed by atoms with Gasteiger partial charge in [0.05, 0.1) is 18.6 Å². The molecule has 1 aromatic rings. The molecule has 0 saturated heterocycles. The van der Waals surface area contributed by atoms with Gasteiger partial charge in [-0.05, 0) is 43.4 Å². The summed E-state index contributed by atoms with van der Waals surface area (Å²) < 4.78 is 11.2. The normalized spacial score (nSPS) is 20.8. The smallest absolute Gasteiger partial charge is 0.314 e. The molecule has 2 fully saturated rings. The van der Waals surface area contributed by atoms with Gasteiger partial charge in [0.1, 0.15) is 0 Å². The molecule has 0 bridgehead atoms. The highest BCUT2D eigenvalue weighted by molar-refractivity contribution is 5.82. The second-order valence-electron chi connectivity index (χ2n) is 6.13. The molecule has 2 saturated carbocycles. The SMILES string of the molecule is COc1ccc(C2(C(=O)O)CCCCC2)cc1OC1CC1. The molecule has 0 radical (unpaired) electrons. The molecule has 0 atom stereocenters. The Labute approximate surface area is 125 Å². The minimum Gasteiger partial charge on any atom is -0.493 e. The van der Waals surface area contributed by atoms with Crippen LogP contribution in [0.3, 0.4) is 0 Å². The van der Waals surface area contributed by atoms with Crippen molar-refractivity contribution in [3.63, 3.8) is 0 Å². The van der Waals surface area contributed by atoms with Gasteiger partial charge in [-0.15, -0.1) is 0 Å². The Bertz CT molecular complexity index is 528. The lowest BCUT2D eigenvalue weighted by molar-refractivity contribution is -0.145. The molecule has 4 nitrogen and oxygen atoms in total. The van der Waals surface area contributed by atoms with Crippen LogP contribution >= 0.6 is 0 Å². The number of carbonyl (C=O) groups is 1. The molecule has 2 aliphatic rings. The van der Waals surface area contributed by atoms with Gasteiger partial charge in [0, 0.05) is 0 Å². The van der Waals surface area contributed by atoms with Gasteiger partial charge in [-0.1, -0.05) is 25.3 Å². The third-order valence-electron chi connectivity index (χ3n) is 4.65. The van der Waals surface area contributed by atoms with E-state index in [1.165, 1.54) is 0 Å². The van der Waals surface area contributed by atoms with E-state index >= 15 is 0 Å². The highest BCUT2D eigenvalue weighted by Crippen LogP contribution is 2.43. The monoisotopic (exact) mass is 290 g/mol. The van der Waals surface area contributed by atoms with Gasteiger partial charge < -0.3 is 14.6 Å². The standard InChI is InChI=1S/C17H22O4/c1-20-14-8-5-12(11-15(14)21-13-6-7-13)17(16(18)19)9-3-2-4-10-17/h5,8,11,13H,2-4,6-7,9-10H2,1H3,(H,18,19). The maximum Gasteiger partial charge on any atom is 0.314 e. The molecule has 1 aromatic carbocycles. The van der Waals surface area contributed by atoms with Gasteiger partial charge in [0.25, 0.3) is 0 Å². The maximum atomic E-state index is 11.9. The summed E-state index contributed by atoms with van der Waals surface area (Å²) in [5.41, 5.74) is 0.0952. The zero-order chi connectivity index (χ0) is 14.9. The molecule has 0 aliphatic heterocycles. The highest BCUT2D eigenvalue weighted by atomic mass is 16.5. The molecule has 4 heteroatoms. The fourth-order valence-corrected chi connectivity index (χ4v) is 3.21. The second-order valence-corrected chi connectivity index (χ2v) is 6.13. The van der Waals surface area contributed by atoms with Crippen molar-refractivity contribution in [2.45, 2.75) is 56.5 Å². The topological polar surface area (TPSA) is 55.8 Å². The summed E-state index contributed by atoms with van der Waals surface area (Å²) in [7, 11) is 1.61. The first-order chi connectivity index (χ1) is 10.2. The molecule has 2 aliphatic carbocycles. The van der Waals surface area contributed by atoms with Crippen molar-refractivity contribution >= 4 is 5.97 Å². The van der Waals surface area contributed by atoms with Crippen molar-refractivity contribution in [1.82, 2.24) is 0 Å². The fourth-order valence-electron chi connectivity index (χ4n) is 3.21. The van der Waals surface area contributed by atoms with Crippen LogP contribution in [0.1, 0.15) is 50.5 Å². The van der Waals surface area contributed by atoms with E-state index < -0.39 is 11.4 Å². The number of rotatable bonds is 5. The number of methoxy groups -OCH3 is 1. The Hall–Kier alpha value is -1.71. The lowest BCUT2D eigenvalue weighted by atomic mass is 9.69. The summed E-state index contributed by atoms with van der Waals surface area (Å²) >= 11 is 0. The Morgan fingerprint density at radius 3 is 2.48 bits per heavy atom. The third kappa shape index (κ3) is 2.71. The maximum absolute atomic E-state index is 11.9. The average molecular weight is 290 g/mol. The molecule has 0 heterocycles.